The molecule has 2 unspecified atom stereocenters. The lowest BCUT2D eigenvalue weighted by atomic mass is 10.1. The molecule has 2 rings (SSSR count). The molecule has 1 aromatic carbocycles. The van der Waals surface area contributed by atoms with Crippen molar-refractivity contribution < 1.29 is 24.1 Å². The average molecular weight is 327 g/mol. The Bertz CT molecular complexity index is 522. The van der Waals surface area contributed by atoms with Crippen LogP contribution in [0.15, 0.2) is 18.2 Å². The van der Waals surface area contributed by atoms with Gasteiger partial charge in [-0.2, -0.15) is 0 Å². The van der Waals surface area contributed by atoms with Crippen LogP contribution in [0.5, 0.6) is 11.5 Å². The third-order valence-electron chi connectivity index (χ3n) is 2.57. The van der Waals surface area contributed by atoms with Crippen LogP contribution >= 0.6 is 15.9 Å². The SMILES string of the molecule is C#CCOC(c1ccc2c(c1)OCO2)C(Br)C(=O)O. The number of terminal acetylenes is 1. The molecule has 0 aliphatic carbocycles. The Morgan fingerprint density at radius 2 is 2.26 bits per heavy atom. The number of carboxylic acid groups (broad SMARTS) is 1. The van der Waals surface area contributed by atoms with Gasteiger partial charge in [0, 0.05) is 0 Å². The molecule has 1 heterocycles. The van der Waals surface area contributed by atoms with Crippen molar-refractivity contribution in [1.82, 2.24) is 0 Å². The lowest BCUT2D eigenvalue weighted by Crippen LogP contribution is -2.24. The highest BCUT2D eigenvalue weighted by atomic mass is 79.9. The lowest BCUT2D eigenvalue weighted by molar-refractivity contribution is -0.139. The molecule has 0 bridgehead atoms. The Hall–Kier alpha value is -1.71. The summed E-state index contributed by atoms with van der Waals surface area (Å²) in [6.07, 6.45) is 4.43. The van der Waals surface area contributed by atoms with Crippen LogP contribution in [0.2, 0.25) is 0 Å². The van der Waals surface area contributed by atoms with E-state index in [0.717, 1.165) is 0 Å². The highest BCUT2D eigenvalue weighted by Gasteiger charge is 2.29. The van der Waals surface area contributed by atoms with Crippen molar-refractivity contribution in [1.29, 1.82) is 0 Å². The van der Waals surface area contributed by atoms with Gasteiger partial charge in [0.2, 0.25) is 6.79 Å². The Balaban J connectivity index is 2.27. The highest BCUT2D eigenvalue weighted by Crippen LogP contribution is 2.36. The van der Waals surface area contributed by atoms with Crippen molar-refractivity contribution in [2.75, 3.05) is 13.4 Å². The third-order valence-corrected chi connectivity index (χ3v) is 3.44. The van der Waals surface area contributed by atoms with Gasteiger partial charge >= 0.3 is 5.97 Å². The second-order valence-electron chi connectivity index (χ2n) is 3.79. The number of rotatable bonds is 5. The van der Waals surface area contributed by atoms with Crippen molar-refractivity contribution in [2.24, 2.45) is 0 Å². The van der Waals surface area contributed by atoms with E-state index in [1.54, 1.807) is 18.2 Å². The molecular formula is C13H11BrO5. The van der Waals surface area contributed by atoms with E-state index in [0.29, 0.717) is 17.1 Å². The van der Waals surface area contributed by atoms with Gasteiger partial charge in [-0.05, 0) is 17.7 Å². The molecular weight excluding hydrogens is 316 g/mol. The lowest BCUT2D eigenvalue weighted by Gasteiger charge is -2.20. The van der Waals surface area contributed by atoms with E-state index in [9.17, 15) is 4.79 Å². The fourth-order valence-electron chi connectivity index (χ4n) is 1.71. The molecule has 0 saturated heterocycles. The summed E-state index contributed by atoms with van der Waals surface area (Å²) in [7, 11) is 0. The van der Waals surface area contributed by atoms with Crippen LogP contribution in [-0.4, -0.2) is 29.3 Å². The molecule has 0 aromatic heterocycles. The number of fused-ring (bicyclic) bond motifs is 1. The highest BCUT2D eigenvalue weighted by molar-refractivity contribution is 9.10. The number of alkyl halides is 1. The van der Waals surface area contributed by atoms with Crippen LogP contribution in [0.4, 0.5) is 0 Å². The smallest absolute Gasteiger partial charge is 0.320 e. The maximum absolute atomic E-state index is 11.1. The maximum atomic E-state index is 11.1. The monoisotopic (exact) mass is 326 g/mol. The van der Waals surface area contributed by atoms with E-state index >= 15 is 0 Å². The Labute approximate surface area is 118 Å². The Morgan fingerprint density at radius 3 is 2.95 bits per heavy atom. The minimum atomic E-state index is -1.03. The summed E-state index contributed by atoms with van der Waals surface area (Å²) in [5.74, 6) is 2.49. The predicted molar refractivity (Wildman–Crippen MR) is 70.4 cm³/mol. The van der Waals surface area contributed by atoms with Crippen molar-refractivity contribution in [3.63, 3.8) is 0 Å². The first-order valence-electron chi connectivity index (χ1n) is 5.45. The predicted octanol–water partition coefficient (Wildman–Crippen LogP) is 1.95. The van der Waals surface area contributed by atoms with Gasteiger partial charge in [-0.1, -0.05) is 27.9 Å². The number of hydrogen-bond acceptors (Lipinski definition) is 4. The summed E-state index contributed by atoms with van der Waals surface area (Å²) in [6, 6.07) is 5.14. The van der Waals surface area contributed by atoms with Crippen molar-refractivity contribution >= 4 is 21.9 Å². The zero-order valence-corrected chi connectivity index (χ0v) is 11.4. The summed E-state index contributed by atoms with van der Waals surface area (Å²) in [6.45, 7) is 0.180. The number of halogens is 1. The molecule has 1 aliphatic heterocycles. The quantitative estimate of drug-likeness (QED) is 0.661. The standard InChI is InChI=1S/C13H11BrO5/c1-2-5-17-12(11(14)13(15)16)8-3-4-9-10(6-8)19-7-18-9/h1,3-4,6,11-12H,5,7H2,(H,15,16). The van der Waals surface area contributed by atoms with Crippen LogP contribution in [0.25, 0.3) is 0 Å². The van der Waals surface area contributed by atoms with Crippen molar-refractivity contribution in [3.8, 4) is 23.8 Å². The normalized spacial score (nSPS) is 15.6. The molecule has 0 saturated carbocycles. The van der Waals surface area contributed by atoms with Gasteiger partial charge in [0.1, 0.15) is 17.5 Å². The first-order chi connectivity index (χ1) is 9.13. The minimum absolute atomic E-state index is 0.0223. The largest absolute Gasteiger partial charge is 0.480 e. The summed E-state index contributed by atoms with van der Waals surface area (Å²) in [5, 5.41) is 9.07. The fraction of sp³-hybridized carbons (Fsp3) is 0.308. The molecule has 0 radical (unpaired) electrons. The van der Waals surface area contributed by atoms with Crippen LogP contribution < -0.4 is 9.47 Å². The molecule has 1 aliphatic rings. The van der Waals surface area contributed by atoms with Gasteiger partial charge in [0.15, 0.2) is 11.5 Å². The van der Waals surface area contributed by atoms with Gasteiger partial charge in [-0.25, -0.2) is 0 Å². The summed E-state index contributed by atoms with van der Waals surface area (Å²) in [5.41, 5.74) is 0.656. The summed E-state index contributed by atoms with van der Waals surface area (Å²) < 4.78 is 15.9. The van der Waals surface area contributed by atoms with Gasteiger partial charge in [-0.15, -0.1) is 6.42 Å². The summed E-state index contributed by atoms with van der Waals surface area (Å²) >= 11 is 3.09. The van der Waals surface area contributed by atoms with E-state index in [-0.39, 0.29) is 13.4 Å². The maximum Gasteiger partial charge on any atom is 0.320 e. The van der Waals surface area contributed by atoms with E-state index in [1.807, 2.05) is 0 Å². The van der Waals surface area contributed by atoms with Gasteiger partial charge in [0.05, 0.1) is 0 Å². The number of aliphatic carboxylic acids is 1. The molecule has 19 heavy (non-hydrogen) atoms. The number of hydrogen-bond donors (Lipinski definition) is 1. The first-order valence-corrected chi connectivity index (χ1v) is 6.36. The summed E-state index contributed by atoms with van der Waals surface area (Å²) in [4.78, 5) is 10.2. The van der Waals surface area contributed by atoms with E-state index in [1.165, 1.54) is 0 Å². The third kappa shape index (κ3) is 3.00. The molecule has 100 valence electrons. The number of benzene rings is 1. The molecule has 6 heteroatoms. The number of carboxylic acids is 1. The molecule has 5 nitrogen and oxygen atoms in total. The van der Waals surface area contributed by atoms with Crippen molar-refractivity contribution in [3.05, 3.63) is 23.8 Å². The topological polar surface area (TPSA) is 65.0 Å². The molecule has 0 amide bonds. The van der Waals surface area contributed by atoms with Gasteiger partial charge in [0.25, 0.3) is 0 Å². The van der Waals surface area contributed by atoms with E-state index in [2.05, 4.69) is 21.9 Å². The van der Waals surface area contributed by atoms with E-state index < -0.39 is 16.9 Å². The zero-order valence-electron chi connectivity index (χ0n) is 9.84. The van der Waals surface area contributed by atoms with Crippen LogP contribution in [0.1, 0.15) is 11.7 Å². The molecule has 1 aromatic rings. The van der Waals surface area contributed by atoms with Crippen molar-refractivity contribution in [2.45, 2.75) is 10.9 Å². The minimum Gasteiger partial charge on any atom is -0.480 e. The second kappa shape index (κ2) is 5.95. The fourth-order valence-corrected chi connectivity index (χ4v) is 2.16. The molecule has 1 N–H and O–H groups in total. The first kappa shape index (κ1) is 13.7. The Kier molecular flexibility index (Phi) is 4.30. The van der Waals surface area contributed by atoms with E-state index in [4.69, 9.17) is 25.7 Å². The Morgan fingerprint density at radius 1 is 1.53 bits per heavy atom. The van der Waals surface area contributed by atoms with Gasteiger partial charge in [-0.3, -0.25) is 4.79 Å². The zero-order chi connectivity index (χ0) is 13.8. The number of carbonyl (C=O) groups is 1. The van der Waals surface area contributed by atoms with Gasteiger partial charge < -0.3 is 19.3 Å². The number of ether oxygens (including phenoxy) is 3. The second-order valence-corrected chi connectivity index (χ2v) is 4.77. The van der Waals surface area contributed by atoms with Crippen LogP contribution in [0.3, 0.4) is 0 Å². The van der Waals surface area contributed by atoms with Crippen LogP contribution in [-0.2, 0) is 9.53 Å². The molecule has 2 atom stereocenters. The van der Waals surface area contributed by atoms with Crippen LogP contribution in [0, 0.1) is 12.3 Å². The average Bonchev–Trinajstić information content (AvgIpc) is 2.86. The molecule has 0 fully saturated rings. The molecule has 0 spiro atoms.